The molecule has 376 valence electrons. The lowest BCUT2D eigenvalue weighted by atomic mass is 9.35. The van der Waals surface area contributed by atoms with Gasteiger partial charge in [-0.25, -0.2) is 0 Å². The van der Waals surface area contributed by atoms with Crippen LogP contribution in [-0.4, -0.2) is 6.71 Å². The zero-order valence-corrected chi connectivity index (χ0v) is 48.3. The maximum Gasteiger partial charge on any atom is 0.264 e. The smallest absolute Gasteiger partial charge is 0.264 e. The van der Waals surface area contributed by atoms with Crippen molar-refractivity contribution in [1.82, 2.24) is 0 Å². The summed E-state index contributed by atoms with van der Waals surface area (Å²) in [7, 11) is 0. The first kappa shape index (κ1) is 48.9. The number of nitrogens with zero attached hydrogens (tertiary/aromatic N) is 2. The van der Waals surface area contributed by atoms with E-state index in [1.54, 1.807) is 0 Å². The minimum absolute atomic E-state index is 0.0537. The van der Waals surface area contributed by atoms with Crippen molar-refractivity contribution in [2.24, 2.45) is 0 Å². The number of thiophene rings is 1. The lowest BCUT2D eigenvalue weighted by molar-refractivity contribution is 0.332. The van der Waals surface area contributed by atoms with Gasteiger partial charge in [0.15, 0.2) is 0 Å². The van der Waals surface area contributed by atoms with Crippen LogP contribution < -0.4 is 25.5 Å². The normalized spacial score (nSPS) is 20.4. The van der Waals surface area contributed by atoms with Crippen molar-refractivity contribution in [2.45, 2.75) is 200 Å². The van der Waals surface area contributed by atoms with E-state index in [1.165, 1.54) is 149 Å². The summed E-state index contributed by atoms with van der Waals surface area (Å²) >= 11 is 2.08. The zero-order valence-electron chi connectivity index (χ0n) is 47.5. The number of hydrogen-bond donors (Lipinski definition) is 0. The second kappa shape index (κ2) is 15.5. The summed E-state index contributed by atoms with van der Waals surface area (Å²) in [6.45, 7) is 42.0. The van der Waals surface area contributed by atoms with Gasteiger partial charge in [-0.05, 0) is 192 Å². The molecule has 2 aliphatic heterocycles. The molecule has 0 radical (unpaired) electrons. The summed E-state index contributed by atoms with van der Waals surface area (Å²) in [6.07, 6.45) is 7.14. The predicted octanol–water partition coefficient (Wildman–Crippen LogP) is 17.7. The monoisotopic (exact) mass is 981 g/mol. The maximum absolute atomic E-state index is 2.75. The molecule has 0 atom stereocenters. The molecule has 0 spiro atoms. The van der Waals surface area contributed by atoms with E-state index in [-0.39, 0.29) is 50.0 Å². The highest BCUT2D eigenvalue weighted by Crippen LogP contribution is 2.56. The van der Waals surface area contributed by atoms with Crippen LogP contribution in [-0.2, 0) is 43.3 Å². The van der Waals surface area contributed by atoms with Gasteiger partial charge < -0.3 is 9.80 Å². The summed E-state index contributed by atoms with van der Waals surface area (Å²) in [6, 6.07) is 44.4. The Bertz CT molecular complexity index is 3420. The molecule has 3 aliphatic carbocycles. The molecule has 0 unspecified atom stereocenters. The molecule has 0 saturated heterocycles. The van der Waals surface area contributed by atoms with Gasteiger partial charge in [-0.1, -0.05) is 172 Å². The van der Waals surface area contributed by atoms with Gasteiger partial charge in [0.1, 0.15) is 0 Å². The highest BCUT2D eigenvalue weighted by Gasteiger charge is 2.50. The van der Waals surface area contributed by atoms with Gasteiger partial charge in [-0.2, -0.15) is 0 Å². The van der Waals surface area contributed by atoms with E-state index in [0.717, 1.165) is 0 Å². The van der Waals surface area contributed by atoms with Gasteiger partial charge in [-0.3, -0.25) is 0 Å². The molecule has 0 saturated carbocycles. The molecule has 73 heavy (non-hydrogen) atoms. The molecule has 0 bridgehead atoms. The Balaban J connectivity index is 1.21. The maximum atomic E-state index is 2.75. The van der Waals surface area contributed by atoms with Crippen LogP contribution in [0.1, 0.15) is 206 Å². The topological polar surface area (TPSA) is 6.48 Å². The summed E-state index contributed by atoms with van der Waals surface area (Å²) in [5.74, 6) is 0. The Kier molecular flexibility index (Phi) is 10.4. The van der Waals surface area contributed by atoms with Crippen molar-refractivity contribution in [3.63, 3.8) is 0 Å². The van der Waals surface area contributed by atoms with Crippen LogP contribution in [0.3, 0.4) is 0 Å². The first-order valence-corrected chi connectivity index (χ1v) is 28.7. The van der Waals surface area contributed by atoms with Crippen molar-refractivity contribution in [2.75, 3.05) is 9.80 Å². The van der Waals surface area contributed by atoms with E-state index in [1.807, 2.05) is 0 Å². The average Bonchev–Trinajstić information content (AvgIpc) is 3.71. The van der Waals surface area contributed by atoms with Crippen LogP contribution in [0.4, 0.5) is 34.1 Å². The van der Waals surface area contributed by atoms with Gasteiger partial charge in [0, 0.05) is 48.7 Å². The Morgan fingerprint density at radius 1 is 0.425 bits per heavy atom. The molecular formula is C69H81BN2S. The molecule has 0 amide bonds. The Hall–Kier alpha value is -5.06. The van der Waals surface area contributed by atoms with E-state index in [0.29, 0.717) is 0 Å². The second-order valence-corrected chi connectivity index (χ2v) is 30.1. The molecular weight excluding hydrogens is 900 g/mol. The Labute approximate surface area is 444 Å². The lowest BCUT2D eigenvalue weighted by Crippen LogP contribution is -2.61. The molecule has 12 rings (SSSR count). The fourth-order valence-electron chi connectivity index (χ4n) is 14.3. The van der Waals surface area contributed by atoms with Crippen molar-refractivity contribution in [3.05, 3.63) is 159 Å². The van der Waals surface area contributed by atoms with E-state index >= 15 is 0 Å². The van der Waals surface area contributed by atoms with E-state index in [2.05, 4.69) is 248 Å². The van der Waals surface area contributed by atoms with E-state index < -0.39 is 0 Å². The third-order valence-corrected chi connectivity index (χ3v) is 21.1. The second-order valence-electron chi connectivity index (χ2n) is 29.0. The number of rotatable bonds is 4. The van der Waals surface area contributed by atoms with Gasteiger partial charge in [0.05, 0.1) is 5.69 Å². The number of anilines is 6. The zero-order chi connectivity index (χ0) is 52.0. The molecule has 6 aromatic carbocycles. The molecule has 7 aromatic rings. The van der Waals surface area contributed by atoms with Gasteiger partial charge in [0.25, 0.3) is 6.71 Å². The largest absolute Gasteiger partial charge is 0.311 e. The number of hydrogen-bond acceptors (Lipinski definition) is 3. The van der Waals surface area contributed by atoms with Crippen LogP contribution in [0, 0.1) is 0 Å². The van der Waals surface area contributed by atoms with Crippen molar-refractivity contribution < 1.29 is 0 Å². The van der Waals surface area contributed by atoms with Crippen molar-refractivity contribution in [3.8, 4) is 0 Å². The summed E-state index contributed by atoms with van der Waals surface area (Å²) in [5, 5.41) is 1.40. The molecule has 0 fully saturated rings. The van der Waals surface area contributed by atoms with E-state index in [4.69, 9.17) is 0 Å². The van der Waals surface area contributed by atoms with Crippen LogP contribution in [0.15, 0.2) is 109 Å². The average molecular weight is 981 g/mol. The quantitative estimate of drug-likeness (QED) is 0.162. The van der Waals surface area contributed by atoms with Crippen molar-refractivity contribution in [1.29, 1.82) is 0 Å². The molecule has 1 aromatic heterocycles. The SMILES string of the molecule is CC(C)(C)c1cc2c3c(c1)N(c1ccc(C(C)(C)c4ccccc4)cc1)c1c(sc4cc5c(cc14)C(C)(C)CCC5(C)C)B3c1cc3c(cc1N2c1ccc2c(c1)C(C)(C)CCC2(C)C)C(C)(C)CCC3(C)C. The van der Waals surface area contributed by atoms with Crippen LogP contribution in [0.5, 0.6) is 0 Å². The number of fused-ring (bicyclic) bond motifs is 9. The standard InChI is InChI=1S/C69H81BN2S/c1-62(2,3)44-35-56-59-57(36-44)72(45-25-23-43(24-26-45)69(16,17)42-21-19-18-20-22-42)60-47-38-50-53(68(14,15)34-31-65(50,8)9)41-58(47)73-61(60)70(59)54-39-51-52(67(12,13)33-32-66(51,10)11)40-55(54)71(56)46-27-28-48-49(37-46)64(6,7)30-29-63(48,4)5/h18-28,35-41H,29-34H2,1-17H3. The van der Waals surface area contributed by atoms with E-state index in [9.17, 15) is 0 Å². The third kappa shape index (κ3) is 7.28. The fourth-order valence-corrected chi connectivity index (χ4v) is 15.7. The minimum atomic E-state index is -0.153. The first-order chi connectivity index (χ1) is 34.0. The summed E-state index contributed by atoms with van der Waals surface area (Å²) in [5.41, 5.74) is 24.2. The highest BCUT2D eigenvalue weighted by molar-refractivity contribution is 7.33. The van der Waals surface area contributed by atoms with Crippen LogP contribution in [0.25, 0.3) is 10.1 Å². The minimum Gasteiger partial charge on any atom is -0.311 e. The Morgan fingerprint density at radius 3 is 1.45 bits per heavy atom. The van der Waals surface area contributed by atoms with Crippen LogP contribution >= 0.6 is 11.3 Å². The first-order valence-electron chi connectivity index (χ1n) is 27.9. The van der Waals surface area contributed by atoms with Gasteiger partial charge >= 0.3 is 0 Å². The highest BCUT2D eigenvalue weighted by atomic mass is 32.1. The summed E-state index contributed by atoms with van der Waals surface area (Å²) in [4.78, 5) is 5.49. The third-order valence-electron chi connectivity index (χ3n) is 19.9. The molecule has 5 aliphatic rings. The molecule has 3 heterocycles. The number of benzene rings is 6. The molecule has 2 nitrogen and oxygen atoms in total. The van der Waals surface area contributed by atoms with Gasteiger partial charge in [-0.15, -0.1) is 11.3 Å². The van der Waals surface area contributed by atoms with Crippen LogP contribution in [0.2, 0.25) is 0 Å². The molecule has 4 heteroatoms. The lowest BCUT2D eigenvalue weighted by Gasteiger charge is -2.48. The predicted molar refractivity (Wildman–Crippen MR) is 319 cm³/mol. The fraction of sp³-hybridized carbons (Fsp3) is 0.449. The van der Waals surface area contributed by atoms with Gasteiger partial charge in [0.2, 0.25) is 0 Å². The summed E-state index contributed by atoms with van der Waals surface area (Å²) < 4.78 is 2.88. The molecule has 0 N–H and O–H groups in total. The van der Waals surface area contributed by atoms with Crippen molar-refractivity contribution >= 4 is 78.0 Å². The Morgan fingerprint density at radius 2 is 0.890 bits per heavy atom.